The van der Waals surface area contributed by atoms with Gasteiger partial charge in [0.2, 0.25) is 0 Å². The average molecular weight is 241 g/mol. The molecule has 1 atom stereocenters. The lowest BCUT2D eigenvalue weighted by atomic mass is 10.1. The van der Waals surface area contributed by atoms with Gasteiger partial charge in [0.15, 0.2) is 11.6 Å². The van der Waals surface area contributed by atoms with Crippen molar-refractivity contribution in [2.24, 2.45) is 5.73 Å². The Balaban J connectivity index is 2.43. The molecular weight excluding hydrogens is 221 g/mol. The van der Waals surface area contributed by atoms with Crippen LogP contribution in [0.5, 0.6) is 5.75 Å². The van der Waals surface area contributed by atoms with Gasteiger partial charge in [0, 0.05) is 12.6 Å². The zero-order chi connectivity index (χ0) is 12.7. The molecule has 1 rings (SSSR count). The number of hydrogen-bond donors (Lipinski definition) is 2. The Bertz CT molecular complexity index is 342. The zero-order valence-corrected chi connectivity index (χ0v) is 10.2. The Hall–Kier alpha value is -1.13. The second-order valence-corrected chi connectivity index (χ2v) is 4.11. The number of benzene rings is 1. The smallest absolute Gasteiger partial charge is 0.165 e. The standard InChI is InChI=1S/C13H20FNO2/c1-10(15)11-5-6-13(12(14)9-11)17-8-4-2-3-7-16/h5-6,9-10,16H,2-4,7-8,15H2,1H3/t10-/m1/s1. The molecule has 0 aliphatic carbocycles. The molecule has 0 fully saturated rings. The number of halogens is 1. The lowest BCUT2D eigenvalue weighted by Crippen LogP contribution is -2.06. The number of hydrogen-bond acceptors (Lipinski definition) is 3. The lowest BCUT2D eigenvalue weighted by molar-refractivity contribution is 0.261. The van der Waals surface area contributed by atoms with Gasteiger partial charge in [-0.1, -0.05) is 6.07 Å². The van der Waals surface area contributed by atoms with Crippen molar-refractivity contribution in [3.63, 3.8) is 0 Å². The fourth-order valence-electron chi connectivity index (χ4n) is 1.49. The van der Waals surface area contributed by atoms with Crippen LogP contribution in [0.4, 0.5) is 4.39 Å². The highest BCUT2D eigenvalue weighted by Gasteiger charge is 2.06. The van der Waals surface area contributed by atoms with Crippen molar-refractivity contribution in [1.82, 2.24) is 0 Å². The molecule has 0 aliphatic rings. The van der Waals surface area contributed by atoms with Crippen LogP contribution >= 0.6 is 0 Å². The number of ether oxygens (including phenoxy) is 1. The van der Waals surface area contributed by atoms with E-state index in [0.717, 1.165) is 24.8 Å². The first-order valence-corrected chi connectivity index (χ1v) is 5.94. The normalized spacial score (nSPS) is 12.5. The van der Waals surface area contributed by atoms with E-state index < -0.39 is 0 Å². The van der Waals surface area contributed by atoms with Crippen molar-refractivity contribution < 1.29 is 14.2 Å². The van der Waals surface area contributed by atoms with E-state index >= 15 is 0 Å². The fourth-order valence-corrected chi connectivity index (χ4v) is 1.49. The molecule has 0 bridgehead atoms. The number of unbranched alkanes of at least 4 members (excludes halogenated alkanes) is 2. The van der Waals surface area contributed by atoms with Crippen LogP contribution < -0.4 is 10.5 Å². The Labute approximate surface area is 101 Å². The number of aliphatic hydroxyl groups excluding tert-OH is 1. The van der Waals surface area contributed by atoms with Gasteiger partial charge in [-0.15, -0.1) is 0 Å². The third-order valence-corrected chi connectivity index (χ3v) is 2.54. The van der Waals surface area contributed by atoms with Crippen LogP contribution in [-0.2, 0) is 0 Å². The summed E-state index contributed by atoms with van der Waals surface area (Å²) in [6.07, 6.45) is 2.46. The van der Waals surface area contributed by atoms with Gasteiger partial charge in [0.25, 0.3) is 0 Å². The van der Waals surface area contributed by atoms with Gasteiger partial charge in [-0.25, -0.2) is 4.39 Å². The molecule has 0 unspecified atom stereocenters. The van der Waals surface area contributed by atoms with Gasteiger partial charge in [-0.2, -0.15) is 0 Å². The minimum atomic E-state index is -0.373. The molecule has 0 amide bonds. The number of aliphatic hydroxyl groups is 1. The monoisotopic (exact) mass is 241 g/mol. The molecule has 0 saturated heterocycles. The first kappa shape index (κ1) is 13.9. The molecular formula is C13H20FNO2. The van der Waals surface area contributed by atoms with Crippen LogP contribution in [-0.4, -0.2) is 18.3 Å². The zero-order valence-electron chi connectivity index (χ0n) is 10.2. The molecule has 17 heavy (non-hydrogen) atoms. The first-order valence-electron chi connectivity index (χ1n) is 5.94. The highest BCUT2D eigenvalue weighted by atomic mass is 19.1. The van der Waals surface area contributed by atoms with Crippen LogP contribution in [0.15, 0.2) is 18.2 Å². The highest BCUT2D eigenvalue weighted by molar-refractivity contribution is 5.30. The van der Waals surface area contributed by atoms with Gasteiger partial charge in [-0.05, 0) is 43.9 Å². The average Bonchev–Trinajstić information content (AvgIpc) is 2.30. The van der Waals surface area contributed by atoms with E-state index in [-0.39, 0.29) is 24.2 Å². The number of rotatable bonds is 7. The molecule has 3 nitrogen and oxygen atoms in total. The van der Waals surface area contributed by atoms with E-state index in [9.17, 15) is 4.39 Å². The molecule has 96 valence electrons. The summed E-state index contributed by atoms with van der Waals surface area (Å²) in [6, 6.07) is 4.62. The molecule has 0 saturated carbocycles. The number of nitrogens with two attached hydrogens (primary N) is 1. The van der Waals surface area contributed by atoms with Gasteiger partial charge >= 0.3 is 0 Å². The van der Waals surface area contributed by atoms with Crippen molar-refractivity contribution >= 4 is 0 Å². The molecule has 1 aromatic carbocycles. The Morgan fingerprint density at radius 3 is 2.71 bits per heavy atom. The predicted molar refractivity (Wildman–Crippen MR) is 65.4 cm³/mol. The third kappa shape index (κ3) is 4.71. The molecule has 0 aromatic heterocycles. The molecule has 4 heteroatoms. The molecule has 0 heterocycles. The SMILES string of the molecule is C[C@@H](N)c1ccc(OCCCCCO)c(F)c1. The van der Waals surface area contributed by atoms with Crippen molar-refractivity contribution in [3.05, 3.63) is 29.6 Å². The van der Waals surface area contributed by atoms with E-state index in [1.54, 1.807) is 12.1 Å². The maximum absolute atomic E-state index is 13.6. The van der Waals surface area contributed by atoms with Gasteiger partial charge in [0.1, 0.15) is 0 Å². The topological polar surface area (TPSA) is 55.5 Å². The van der Waals surface area contributed by atoms with E-state index in [1.807, 2.05) is 6.92 Å². The minimum absolute atomic E-state index is 0.178. The second kappa shape index (κ2) is 7.25. The van der Waals surface area contributed by atoms with Crippen molar-refractivity contribution in [2.45, 2.75) is 32.2 Å². The predicted octanol–water partition coefficient (Wildman–Crippen LogP) is 2.39. The molecule has 3 N–H and O–H groups in total. The third-order valence-electron chi connectivity index (χ3n) is 2.54. The van der Waals surface area contributed by atoms with Crippen LogP contribution in [0.2, 0.25) is 0 Å². The molecule has 1 aromatic rings. The van der Waals surface area contributed by atoms with Crippen LogP contribution in [0.1, 0.15) is 37.8 Å². The maximum atomic E-state index is 13.6. The van der Waals surface area contributed by atoms with Crippen LogP contribution in [0.25, 0.3) is 0 Å². The van der Waals surface area contributed by atoms with Crippen molar-refractivity contribution in [2.75, 3.05) is 13.2 Å². The van der Waals surface area contributed by atoms with E-state index in [0.29, 0.717) is 6.61 Å². The maximum Gasteiger partial charge on any atom is 0.165 e. The minimum Gasteiger partial charge on any atom is -0.491 e. The van der Waals surface area contributed by atoms with E-state index in [4.69, 9.17) is 15.6 Å². The fraction of sp³-hybridized carbons (Fsp3) is 0.538. The Morgan fingerprint density at radius 1 is 1.35 bits per heavy atom. The second-order valence-electron chi connectivity index (χ2n) is 4.11. The summed E-state index contributed by atoms with van der Waals surface area (Å²) in [5.41, 5.74) is 6.42. The van der Waals surface area contributed by atoms with Gasteiger partial charge in [0.05, 0.1) is 6.61 Å². The molecule has 0 aliphatic heterocycles. The highest BCUT2D eigenvalue weighted by Crippen LogP contribution is 2.21. The van der Waals surface area contributed by atoms with E-state index in [2.05, 4.69) is 0 Å². The summed E-state index contributed by atoms with van der Waals surface area (Å²) < 4.78 is 18.9. The van der Waals surface area contributed by atoms with E-state index in [1.165, 1.54) is 6.07 Å². The van der Waals surface area contributed by atoms with Gasteiger partial charge < -0.3 is 15.6 Å². The largest absolute Gasteiger partial charge is 0.491 e. The summed E-state index contributed by atoms with van der Waals surface area (Å²) in [7, 11) is 0. The van der Waals surface area contributed by atoms with Crippen LogP contribution in [0.3, 0.4) is 0 Å². The van der Waals surface area contributed by atoms with Crippen molar-refractivity contribution in [1.29, 1.82) is 0 Å². The summed E-state index contributed by atoms with van der Waals surface area (Å²) >= 11 is 0. The van der Waals surface area contributed by atoms with Gasteiger partial charge in [-0.3, -0.25) is 0 Å². The van der Waals surface area contributed by atoms with Crippen molar-refractivity contribution in [3.8, 4) is 5.75 Å². The Kier molecular flexibility index (Phi) is 5.94. The Morgan fingerprint density at radius 2 is 2.12 bits per heavy atom. The summed E-state index contributed by atoms with van der Waals surface area (Å²) in [5.74, 6) is -0.111. The summed E-state index contributed by atoms with van der Waals surface area (Å²) in [4.78, 5) is 0. The molecule has 0 radical (unpaired) electrons. The summed E-state index contributed by atoms with van der Waals surface area (Å²) in [5, 5.41) is 8.60. The lowest BCUT2D eigenvalue weighted by Gasteiger charge is -2.10. The summed E-state index contributed by atoms with van der Waals surface area (Å²) in [6.45, 7) is 2.47. The molecule has 0 spiro atoms. The quantitative estimate of drug-likeness (QED) is 0.721. The first-order chi connectivity index (χ1) is 8.15. The van der Waals surface area contributed by atoms with Crippen LogP contribution in [0, 0.1) is 5.82 Å².